The van der Waals surface area contributed by atoms with Gasteiger partial charge in [0.05, 0.1) is 22.2 Å². The van der Waals surface area contributed by atoms with E-state index in [-0.39, 0.29) is 6.03 Å². The molecule has 0 atom stereocenters. The zero-order valence-corrected chi connectivity index (χ0v) is 14.6. The smallest absolute Gasteiger partial charge is 0.315 e. The highest BCUT2D eigenvalue weighted by Gasteiger charge is 2.04. The zero-order chi connectivity index (χ0) is 16.1. The van der Waals surface area contributed by atoms with Crippen LogP contribution in [0.2, 0.25) is 0 Å². The van der Waals surface area contributed by atoms with E-state index in [1.807, 2.05) is 48.7 Å². The van der Waals surface area contributed by atoms with Gasteiger partial charge in [0.25, 0.3) is 0 Å². The van der Waals surface area contributed by atoms with E-state index in [2.05, 4.69) is 31.7 Å². The van der Waals surface area contributed by atoms with E-state index in [1.165, 1.54) is 0 Å². The standard InChI is InChI=1S/C16H15BrN4OS/c17-15-7-6-14(23-15)10-19-16(22)18-8-12-9-20-21(11-12)13-4-2-1-3-5-13/h1-7,9,11H,8,10H2,(H2,18,19,22). The number of nitrogens with zero attached hydrogens (tertiary/aromatic N) is 2. The van der Waals surface area contributed by atoms with Crippen molar-refractivity contribution in [1.82, 2.24) is 20.4 Å². The van der Waals surface area contributed by atoms with E-state index < -0.39 is 0 Å². The average molecular weight is 391 g/mol. The van der Waals surface area contributed by atoms with Crippen LogP contribution in [0.1, 0.15) is 10.4 Å². The van der Waals surface area contributed by atoms with Crippen molar-refractivity contribution in [2.24, 2.45) is 0 Å². The number of rotatable bonds is 5. The van der Waals surface area contributed by atoms with Gasteiger partial charge in [0.15, 0.2) is 0 Å². The maximum Gasteiger partial charge on any atom is 0.315 e. The third-order valence-corrected chi connectivity index (χ3v) is 4.79. The van der Waals surface area contributed by atoms with Crippen molar-refractivity contribution in [3.05, 3.63) is 69.1 Å². The highest BCUT2D eigenvalue weighted by molar-refractivity contribution is 9.11. The first-order valence-electron chi connectivity index (χ1n) is 7.05. The average Bonchev–Trinajstić information content (AvgIpc) is 3.21. The molecule has 0 unspecified atom stereocenters. The van der Waals surface area contributed by atoms with Gasteiger partial charge in [0, 0.05) is 23.2 Å². The van der Waals surface area contributed by atoms with Crippen molar-refractivity contribution in [1.29, 1.82) is 0 Å². The summed E-state index contributed by atoms with van der Waals surface area (Å²) in [6.45, 7) is 0.957. The number of halogens is 1. The van der Waals surface area contributed by atoms with Crippen LogP contribution in [-0.4, -0.2) is 15.8 Å². The predicted octanol–water partition coefficient (Wildman–Crippen LogP) is 3.70. The van der Waals surface area contributed by atoms with Crippen LogP contribution in [0.3, 0.4) is 0 Å². The largest absolute Gasteiger partial charge is 0.334 e. The number of carbonyl (C=O) groups is 1. The first kappa shape index (κ1) is 15.8. The van der Waals surface area contributed by atoms with Crippen LogP contribution >= 0.6 is 27.3 Å². The highest BCUT2D eigenvalue weighted by Crippen LogP contribution is 2.21. The molecule has 0 aliphatic heterocycles. The SMILES string of the molecule is O=C(NCc1cnn(-c2ccccc2)c1)NCc1ccc(Br)s1. The Morgan fingerprint density at radius 2 is 1.91 bits per heavy atom. The molecule has 3 aromatic rings. The normalized spacial score (nSPS) is 10.5. The number of urea groups is 1. The summed E-state index contributed by atoms with van der Waals surface area (Å²) < 4.78 is 2.85. The fraction of sp³-hybridized carbons (Fsp3) is 0.125. The van der Waals surface area contributed by atoms with E-state index in [0.29, 0.717) is 13.1 Å². The molecule has 7 heteroatoms. The van der Waals surface area contributed by atoms with Crippen molar-refractivity contribution in [3.8, 4) is 5.69 Å². The number of hydrogen-bond donors (Lipinski definition) is 2. The number of nitrogens with one attached hydrogen (secondary N) is 2. The fourth-order valence-corrected chi connectivity index (χ4v) is 3.46. The lowest BCUT2D eigenvalue weighted by atomic mass is 10.3. The molecule has 0 fully saturated rings. The Morgan fingerprint density at radius 3 is 2.65 bits per heavy atom. The number of para-hydroxylation sites is 1. The van der Waals surface area contributed by atoms with Crippen LogP contribution in [-0.2, 0) is 13.1 Å². The molecule has 0 aliphatic carbocycles. The number of benzene rings is 1. The molecule has 5 nitrogen and oxygen atoms in total. The van der Waals surface area contributed by atoms with E-state index in [9.17, 15) is 4.79 Å². The molecule has 2 N–H and O–H groups in total. The zero-order valence-electron chi connectivity index (χ0n) is 12.2. The Morgan fingerprint density at radius 1 is 1.13 bits per heavy atom. The molecule has 2 aromatic heterocycles. The van der Waals surface area contributed by atoms with Crippen molar-refractivity contribution < 1.29 is 4.79 Å². The van der Waals surface area contributed by atoms with Gasteiger partial charge in [-0.3, -0.25) is 0 Å². The molecule has 0 radical (unpaired) electrons. The molecule has 0 spiro atoms. The summed E-state index contributed by atoms with van der Waals surface area (Å²) in [6, 6.07) is 13.6. The number of hydrogen-bond acceptors (Lipinski definition) is 3. The number of carbonyl (C=O) groups excluding carboxylic acids is 1. The summed E-state index contributed by atoms with van der Waals surface area (Å²) in [4.78, 5) is 12.9. The summed E-state index contributed by atoms with van der Waals surface area (Å²) in [5.74, 6) is 0. The van der Waals surface area contributed by atoms with E-state index in [1.54, 1.807) is 22.2 Å². The van der Waals surface area contributed by atoms with Gasteiger partial charge in [0.1, 0.15) is 0 Å². The quantitative estimate of drug-likeness (QED) is 0.697. The summed E-state index contributed by atoms with van der Waals surface area (Å²) in [5.41, 5.74) is 1.94. The highest BCUT2D eigenvalue weighted by atomic mass is 79.9. The van der Waals surface area contributed by atoms with Gasteiger partial charge in [-0.15, -0.1) is 11.3 Å². The van der Waals surface area contributed by atoms with Crippen molar-refractivity contribution in [2.45, 2.75) is 13.1 Å². The van der Waals surface area contributed by atoms with Gasteiger partial charge in [-0.2, -0.15) is 5.10 Å². The number of aromatic nitrogens is 2. The second-order valence-corrected chi connectivity index (χ2v) is 7.42. The molecule has 2 amide bonds. The van der Waals surface area contributed by atoms with Crippen LogP contribution < -0.4 is 10.6 Å². The minimum atomic E-state index is -0.193. The molecular weight excluding hydrogens is 376 g/mol. The monoisotopic (exact) mass is 390 g/mol. The maximum absolute atomic E-state index is 11.8. The maximum atomic E-state index is 11.8. The predicted molar refractivity (Wildman–Crippen MR) is 94.7 cm³/mol. The molecule has 0 aliphatic rings. The molecule has 0 saturated carbocycles. The first-order valence-corrected chi connectivity index (χ1v) is 8.66. The van der Waals surface area contributed by atoms with Crippen molar-refractivity contribution in [2.75, 3.05) is 0 Å². The summed E-state index contributed by atoms with van der Waals surface area (Å²) in [5, 5.41) is 9.97. The molecule has 3 rings (SSSR count). The minimum Gasteiger partial charge on any atom is -0.334 e. The van der Waals surface area contributed by atoms with Crippen LogP contribution in [0.5, 0.6) is 0 Å². The molecule has 1 aromatic carbocycles. The lowest BCUT2D eigenvalue weighted by Gasteiger charge is -2.05. The van der Waals surface area contributed by atoms with Gasteiger partial charge in [-0.05, 0) is 40.2 Å². The van der Waals surface area contributed by atoms with Gasteiger partial charge < -0.3 is 10.6 Å². The molecule has 0 bridgehead atoms. The van der Waals surface area contributed by atoms with Gasteiger partial charge >= 0.3 is 6.03 Å². The Hall–Kier alpha value is -2.12. The van der Waals surface area contributed by atoms with E-state index >= 15 is 0 Å². The molecular formula is C16H15BrN4OS. The van der Waals surface area contributed by atoms with Crippen LogP contribution in [0.4, 0.5) is 4.79 Å². The first-order chi connectivity index (χ1) is 11.2. The Kier molecular flexibility index (Phi) is 5.09. The Labute approximate surface area is 146 Å². The third-order valence-electron chi connectivity index (χ3n) is 3.16. The van der Waals surface area contributed by atoms with E-state index in [0.717, 1.165) is 19.9 Å². The summed E-state index contributed by atoms with van der Waals surface area (Å²) >= 11 is 5.01. The lowest BCUT2D eigenvalue weighted by Crippen LogP contribution is -2.34. The van der Waals surface area contributed by atoms with Crippen LogP contribution in [0.15, 0.2) is 58.6 Å². The van der Waals surface area contributed by atoms with Gasteiger partial charge in [-0.25, -0.2) is 9.48 Å². The third kappa shape index (κ3) is 4.43. The lowest BCUT2D eigenvalue weighted by molar-refractivity contribution is 0.240. The van der Waals surface area contributed by atoms with Crippen LogP contribution in [0.25, 0.3) is 5.69 Å². The molecule has 118 valence electrons. The van der Waals surface area contributed by atoms with Crippen LogP contribution in [0, 0.1) is 0 Å². The van der Waals surface area contributed by atoms with E-state index in [4.69, 9.17) is 0 Å². The van der Waals surface area contributed by atoms with Gasteiger partial charge in [-0.1, -0.05) is 18.2 Å². The molecule has 0 saturated heterocycles. The fourth-order valence-electron chi connectivity index (χ4n) is 2.03. The minimum absolute atomic E-state index is 0.193. The Balaban J connectivity index is 1.48. The Bertz CT molecular complexity index is 784. The summed E-state index contributed by atoms with van der Waals surface area (Å²) in [7, 11) is 0. The molecule has 23 heavy (non-hydrogen) atoms. The summed E-state index contributed by atoms with van der Waals surface area (Å²) in [6.07, 6.45) is 3.66. The second kappa shape index (κ2) is 7.43. The number of thiophene rings is 1. The topological polar surface area (TPSA) is 59.0 Å². The van der Waals surface area contributed by atoms with Crippen molar-refractivity contribution >= 4 is 33.3 Å². The van der Waals surface area contributed by atoms with Gasteiger partial charge in [0.2, 0.25) is 0 Å². The molecule has 2 heterocycles. The second-order valence-electron chi connectivity index (χ2n) is 4.87. The van der Waals surface area contributed by atoms with Crippen molar-refractivity contribution in [3.63, 3.8) is 0 Å². The number of amides is 2.